The minimum atomic E-state index is -0.935. The van der Waals surface area contributed by atoms with Crippen LogP contribution in [-0.2, 0) is 28.5 Å². The van der Waals surface area contributed by atoms with E-state index in [1.165, 1.54) is 25.3 Å². The molecule has 2 fully saturated rings. The number of dihydropyridines is 1. The van der Waals surface area contributed by atoms with Crippen molar-refractivity contribution in [1.82, 2.24) is 5.32 Å². The Kier molecular flexibility index (Phi) is 8.53. The number of benzene rings is 2. The van der Waals surface area contributed by atoms with Gasteiger partial charge in [0.1, 0.15) is 12.7 Å². The standard InChI is InChI=1S/C30H32ClN3O8/c1-18-25(28(35)39-3)27(20-5-4-6-23(15-20)34(37)38)26(19(2)32-18)29(36)40-16-24-17-41-30(42-24)11-13-33(14-12-30)22-9-7-21(31)8-10-22/h4-10,15,24,27,32H,11-14,16-17H2,1-3H3/t24-,27+/m1/s1. The number of rotatable bonds is 7. The molecule has 0 aromatic heterocycles. The molecule has 1 N–H and O–H groups in total. The van der Waals surface area contributed by atoms with Crippen molar-refractivity contribution >= 4 is 34.9 Å². The summed E-state index contributed by atoms with van der Waals surface area (Å²) >= 11 is 6.02. The van der Waals surface area contributed by atoms with Gasteiger partial charge in [-0.05, 0) is 43.7 Å². The van der Waals surface area contributed by atoms with E-state index in [0.717, 1.165) is 18.8 Å². The summed E-state index contributed by atoms with van der Waals surface area (Å²) < 4.78 is 23.1. The highest BCUT2D eigenvalue weighted by atomic mass is 35.5. The average Bonchev–Trinajstić information content (AvgIpc) is 3.38. The van der Waals surface area contributed by atoms with Gasteiger partial charge in [-0.3, -0.25) is 10.1 Å². The molecule has 3 aliphatic rings. The minimum absolute atomic E-state index is 0.0594. The summed E-state index contributed by atoms with van der Waals surface area (Å²) in [4.78, 5) is 39.6. The summed E-state index contributed by atoms with van der Waals surface area (Å²) in [6.45, 7) is 5.06. The molecule has 2 aromatic carbocycles. The van der Waals surface area contributed by atoms with E-state index in [4.69, 9.17) is 30.5 Å². The van der Waals surface area contributed by atoms with Gasteiger partial charge < -0.3 is 29.2 Å². The highest BCUT2D eigenvalue weighted by Crippen LogP contribution is 2.41. The second-order valence-electron chi connectivity index (χ2n) is 10.5. The lowest BCUT2D eigenvalue weighted by atomic mass is 9.80. The maximum atomic E-state index is 13.6. The molecular weight excluding hydrogens is 566 g/mol. The highest BCUT2D eigenvalue weighted by molar-refractivity contribution is 6.30. The fraction of sp³-hybridized carbons (Fsp3) is 0.400. The summed E-state index contributed by atoms with van der Waals surface area (Å²) in [6, 6.07) is 13.5. The number of nitrogens with one attached hydrogen (secondary N) is 1. The van der Waals surface area contributed by atoms with Crippen molar-refractivity contribution < 1.29 is 33.5 Å². The number of hydrogen-bond donors (Lipinski definition) is 1. The van der Waals surface area contributed by atoms with Gasteiger partial charge in [-0.15, -0.1) is 0 Å². The van der Waals surface area contributed by atoms with Crippen LogP contribution >= 0.6 is 11.6 Å². The Hall–Kier alpha value is -3.93. The van der Waals surface area contributed by atoms with Gasteiger partial charge in [0.25, 0.3) is 5.69 Å². The van der Waals surface area contributed by atoms with E-state index in [2.05, 4.69) is 10.2 Å². The van der Waals surface area contributed by atoms with E-state index in [1.54, 1.807) is 19.9 Å². The Balaban J connectivity index is 1.28. The number of anilines is 1. The van der Waals surface area contributed by atoms with Crippen molar-refractivity contribution in [3.8, 4) is 0 Å². The van der Waals surface area contributed by atoms with Gasteiger partial charge in [-0.1, -0.05) is 23.7 Å². The number of ether oxygens (including phenoxy) is 4. The molecule has 222 valence electrons. The molecule has 1 spiro atoms. The van der Waals surface area contributed by atoms with E-state index < -0.39 is 34.7 Å². The number of non-ortho nitro benzene ring substituents is 1. The van der Waals surface area contributed by atoms with Gasteiger partial charge in [0.15, 0.2) is 5.79 Å². The monoisotopic (exact) mass is 597 g/mol. The third kappa shape index (κ3) is 5.99. The third-order valence-corrected chi connectivity index (χ3v) is 8.08. The predicted octanol–water partition coefficient (Wildman–Crippen LogP) is 4.61. The number of hydrogen-bond acceptors (Lipinski definition) is 10. The number of nitrogens with zero attached hydrogens (tertiary/aromatic N) is 2. The van der Waals surface area contributed by atoms with Gasteiger partial charge in [0.2, 0.25) is 0 Å². The smallest absolute Gasteiger partial charge is 0.336 e. The SMILES string of the molecule is COC(=O)C1=C(C)NC(C)=C(C(=O)OC[C@@H]2COC3(CCN(c4ccc(Cl)cc4)CC3)O2)[C@H]1c1cccc([N+](=O)[O-])c1. The first-order chi connectivity index (χ1) is 20.1. The maximum Gasteiger partial charge on any atom is 0.336 e. The van der Waals surface area contributed by atoms with Crippen LogP contribution in [-0.4, -0.2) is 62.2 Å². The molecule has 12 heteroatoms. The van der Waals surface area contributed by atoms with Gasteiger partial charge in [-0.25, -0.2) is 9.59 Å². The van der Waals surface area contributed by atoms with Crippen LogP contribution in [0.25, 0.3) is 0 Å². The van der Waals surface area contributed by atoms with Gasteiger partial charge in [0.05, 0.1) is 35.7 Å². The van der Waals surface area contributed by atoms with Crippen LogP contribution in [0.5, 0.6) is 0 Å². The first kappa shape index (κ1) is 29.6. The highest BCUT2D eigenvalue weighted by Gasteiger charge is 2.45. The lowest BCUT2D eigenvalue weighted by molar-refractivity contribution is -0.384. The van der Waals surface area contributed by atoms with E-state index in [-0.39, 0.29) is 30.0 Å². The molecule has 0 amide bonds. The lowest BCUT2D eigenvalue weighted by Gasteiger charge is -2.39. The zero-order valence-electron chi connectivity index (χ0n) is 23.6. The van der Waals surface area contributed by atoms with E-state index in [1.807, 2.05) is 24.3 Å². The molecule has 5 rings (SSSR count). The molecule has 2 atom stereocenters. The molecule has 2 saturated heterocycles. The quantitative estimate of drug-likeness (QED) is 0.274. The van der Waals surface area contributed by atoms with Crippen molar-refractivity contribution in [1.29, 1.82) is 0 Å². The first-order valence-corrected chi connectivity index (χ1v) is 14.0. The Labute approximate surface area is 248 Å². The zero-order valence-corrected chi connectivity index (χ0v) is 24.3. The normalized spacial score (nSPS) is 21.8. The molecule has 0 radical (unpaired) electrons. The molecule has 0 saturated carbocycles. The number of piperidine rings is 1. The molecule has 0 aliphatic carbocycles. The van der Waals surface area contributed by atoms with Gasteiger partial charge in [-0.2, -0.15) is 0 Å². The van der Waals surface area contributed by atoms with Crippen molar-refractivity contribution in [2.24, 2.45) is 0 Å². The van der Waals surface area contributed by atoms with Crippen LogP contribution < -0.4 is 10.2 Å². The molecule has 2 aromatic rings. The van der Waals surface area contributed by atoms with Crippen molar-refractivity contribution in [3.05, 3.63) is 91.8 Å². The van der Waals surface area contributed by atoms with Crippen LogP contribution in [0.1, 0.15) is 38.2 Å². The van der Waals surface area contributed by atoms with Crippen LogP contribution in [0.4, 0.5) is 11.4 Å². The predicted molar refractivity (Wildman–Crippen MR) is 154 cm³/mol. The second-order valence-corrected chi connectivity index (χ2v) is 10.9. The minimum Gasteiger partial charge on any atom is -0.466 e. The van der Waals surface area contributed by atoms with Crippen LogP contribution in [0, 0.1) is 10.1 Å². The first-order valence-electron chi connectivity index (χ1n) is 13.6. The molecule has 3 heterocycles. The van der Waals surface area contributed by atoms with Crippen molar-refractivity contribution in [3.63, 3.8) is 0 Å². The Bertz CT molecular complexity index is 1450. The largest absolute Gasteiger partial charge is 0.466 e. The summed E-state index contributed by atoms with van der Waals surface area (Å²) in [5.74, 6) is -3.01. The Morgan fingerprint density at radius 2 is 1.76 bits per heavy atom. The number of esters is 2. The van der Waals surface area contributed by atoms with Gasteiger partial charge in [0, 0.05) is 60.2 Å². The number of carbonyl (C=O) groups is 2. The summed E-state index contributed by atoms with van der Waals surface area (Å²) in [5, 5.41) is 15.2. The summed E-state index contributed by atoms with van der Waals surface area (Å²) in [7, 11) is 1.24. The van der Waals surface area contributed by atoms with Crippen LogP contribution in [0.3, 0.4) is 0 Å². The molecular formula is C30H32ClN3O8. The van der Waals surface area contributed by atoms with Crippen LogP contribution in [0.2, 0.25) is 5.02 Å². The number of nitro benzene ring substituents is 1. The number of carbonyl (C=O) groups excluding carboxylic acids is 2. The van der Waals surface area contributed by atoms with Gasteiger partial charge >= 0.3 is 11.9 Å². The second kappa shape index (κ2) is 12.1. The summed E-state index contributed by atoms with van der Waals surface area (Å²) in [6.07, 6.45) is 0.827. The third-order valence-electron chi connectivity index (χ3n) is 7.83. The Morgan fingerprint density at radius 3 is 2.40 bits per heavy atom. The topological polar surface area (TPSA) is 129 Å². The summed E-state index contributed by atoms with van der Waals surface area (Å²) in [5.41, 5.74) is 2.58. The maximum absolute atomic E-state index is 13.6. The van der Waals surface area contributed by atoms with E-state index in [0.29, 0.717) is 34.8 Å². The number of nitro groups is 1. The molecule has 42 heavy (non-hydrogen) atoms. The fourth-order valence-corrected chi connectivity index (χ4v) is 5.89. The number of allylic oxidation sites excluding steroid dienone is 2. The Morgan fingerprint density at radius 1 is 1.10 bits per heavy atom. The molecule has 0 bridgehead atoms. The van der Waals surface area contributed by atoms with Crippen LogP contribution in [0.15, 0.2) is 71.1 Å². The van der Waals surface area contributed by atoms with E-state index in [9.17, 15) is 19.7 Å². The molecule has 11 nitrogen and oxygen atoms in total. The molecule has 0 unspecified atom stereocenters. The molecule has 3 aliphatic heterocycles. The van der Waals surface area contributed by atoms with E-state index >= 15 is 0 Å². The lowest BCUT2D eigenvalue weighted by Crippen LogP contribution is -2.45. The van der Waals surface area contributed by atoms with Crippen molar-refractivity contribution in [2.75, 3.05) is 38.3 Å². The zero-order chi connectivity index (χ0) is 30.0. The van der Waals surface area contributed by atoms with Crippen molar-refractivity contribution in [2.45, 2.75) is 44.5 Å². The number of halogens is 1. The number of methoxy groups -OCH3 is 1. The fourth-order valence-electron chi connectivity index (χ4n) is 5.76. The average molecular weight is 598 g/mol.